The van der Waals surface area contributed by atoms with E-state index >= 15 is 0 Å². The summed E-state index contributed by atoms with van der Waals surface area (Å²) in [5, 5.41) is 13.5. The van der Waals surface area contributed by atoms with Crippen molar-refractivity contribution in [3.8, 4) is 5.75 Å². The monoisotopic (exact) mass is 314 g/mol. The first-order chi connectivity index (χ1) is 9.82. The van der Waals surface area contributed by atoms with Crippen molar-refractivity contribution in [2.45, 2.75) is 30.6 Å². The van der Waals surface area contributed by atoms with E-state index in [1.807, 2.05) is 0 Å². The average molecular weight is 314 g/mol. The van der Waals surface area contributed by atoms with E-state index in [-0.39, 0.29) is 11.7 Å². The van der Waals surface area contributed by atoms with E-state index in [0.29, 0.717) is 17.9 Å². The highest BCUT2D eigenvalue weighted by Crippen LogP contribution is 2.33. The standard InChI is InChI=1S/C13H18N2O5S/c1-20-12-8-9(15(16)17)6-7-10(12)14-11-4-3-5-13(11)21(2,18)19/h6-8,11,13-14H,3-5H2,1-2H3. The van der Waals surface area contributed by atoms with Crippen LogP contribution in [-0.2, 0) is 9.84 Å². The van der Waals surface area contributed by atoms with Crippen molar-refractivity contribution < 1.29 is 18.1 Å². The van der Waals surface area contributed by atoms with Gasteiger partial charge in [-0.1, -0.05) is 0 Å². The van der Waals surface area contributed by atoms with Crippen LogP contribution in [0.25, 0.3) is 0 Å². The van der Waals surface area contributed by atoms with Crippen molar-refractivity contribution in [1.82, 2.24) is 0 Å². The van der Waals surface area contributed by atoms with Gasteiger partial charge in [-0.2, -0.15) is 0 Å². The molecule has 0 bridgehead atoms. The molecule has 7 nitrogen and oxygen atoms in total. The summed E-state index contributed by atoms with van der Waals surface area (Å²) in [6.07, 6.45) is 3.46. The third kappa shape index (κ3) is 3.44. The molecule has 1 aromatic carbocycles. The summed E-state index contributed by atoms with van der Waals surface area (Å²) >= 11 is 0. The summed E-state index contributed by atoms with van der Waals surface area (Å²) < 4.78 is 28.7. The smallest absolute Gasteiger partial charge is 0.273 e. The Bertz CT molecular complexity index is 644. The van der Waals surface area contributed by atoms with E-state index in [4.69, 9.17) is 4.74 Å². The Morgan fingerprint density at radius 2 is 2.10 bits per heavy atom. The first-order valence-electron chi connectivity index (χ1n) is 6.60. The van der Waals surface area contributed by atoms with Crippen LogP contribution in [0.2, 0.25) is 0 Å². The molecule has 21 heavy (non-hydrogen) atoms. The van der Waals surface area contributed by atoms with Crippen LogP contribution < -0.4 is 10.1 Å². The van der Waals surface area contributed by atoms with Crippen molar-refractivity contribution in [1.29, 1.82) is 0 Å². The molecule has 1 fully saturated rings. The minimum atomic E-state index is -3.12. The summed E-state index contributed by atoms with van der Waals surface area (Å²) in [5.74, 6) is 0.336. The molecule has 0 aromatic heterocycles. The second-order valence-corrected chi connectivity index (χ2v) is 7.46. The zero-order valence-corrected chi connectivity index (χ0v) is 12.7. The van der Waals surface area contributed by atoms with Gasteiger partial charge in [0.15, 0.2) is 9.84 Å². The van der Waals surface area contributed by atoms with Gasteiger partial charge in [-0.15, -0.1) is 0 Å². The van der Waals surface area contributed by atoms with Crippen LogP contribution in [0, 0.1) is 10.1 Å². The van der Waals surface area contributed by atoms with Crippen LogP contribution in [0.3, 0.4) is 0 Å². The number of methoxy groups -OCH3 is 1. The molecule has 0 heterocycles. The summed E-state index contributed by atoms with van der Waals surface area (Å²) in [7, 11) is -1.70. The van der Waals surface area contributed by atoms with Crippen LogP contribution in [0.5, 0.6) is 5.75 Å². The fraction of sp³-hybridized carbons (Fsp3) is 0.538. The van der Waals surface area contributed by atoms with E-state index < -0.39 is 20.0 Å². The number of hydrogen-bond acceptors (Lipinski definition) is 6. The molecule has 2 rings (SSSR count). The lowest BCUT2D eigenvalue weighted by atomic mass is 10.2. The largest absolute Gasteiger partial charge is 0.494 e. The van der Waals surface area contributed by atoms with Crippen LogP contribution >= 0.6 is 0 Å². The molecule has 8 heteroatoms. The van der Waals surface area contributed by atoms with E-state index in [2.05, 4.69) is 5.32 Å². The Morgan fingerprint density at radius 3 is 2.67 bits per heavy atom. The van der Waals surface area contributed by atoms with Gasteiger partial charge < -0.3 is 10.1 Å². The van der Waals surface area contributed by atoms with Gasteiger partial charge in [0.25, 0.3) is 5.69 Å². The lowest BCUT2D eigenvalue weighted by Gasteiger charge is -2.21. The predicted molar refractivity (Wildman–Crippen MR) is 79.5 cm³/mol. The van der Waals surface area contributed by atoms with Crippen molar-refractivity contribution in [2.75, 3.05) is 18.7 Å². The Kier molecular flexibility index (Phi) is 4.36. The molecule has 0 amide bonds. The second kappa shape index (κ2) is 5.88. The lowest BCUT2D eigenvalue weighted by Crippen LogP contribution is -2.34. The van der Waals surface area contributed by atoms with Gasteiger partial charge in [-0.05, 0) is 25.3 Å². The molecule has 1 saturated carbocycles. The number of ether oxygens (including phenoxy) is 1. The Balaban J connectivity index is 2.25. The highest BCUT2D eigenvalue weighted by atomic mass is 32.2. The molecule has 2 atom stereocenters. The fourth-order valence-electron chi connectivity index (χ4n) is 2.72. The average Bonchev–Trinajstić information content (AvgIpc) is 2.87. The molecule has 0 radical (unpaired) electrons. The lowest BCUT2D eigenvalue weighted by molar-refractivity contribution is -0.384. The number of nitro groups is 1. The van der Waals surface area contributed by atoms with E-state index in [1.54, 1.807) is 6.07 Å². The number of hydrogen-bond donors (Lipinski definition) is 1. The highest BCUT2D eigenvalue weighted by molar-refractivity contribution is 7.91. The van der Waals surface area contributed by atoms with Gasteiger partial charge in [0, 0.05) is 18.4 Å². The summed E-state index contributed by atoms with van der Waals surface area (Å²) in [5.41, 5.74) is 0.507. The Labute approximate surface area is 123 Å². The van der Waals surface area contributed by atoms with Gasteiger partial charge in [0.2, 0.25) is 0 Å². The normalized spacial score (nSPS) is 22.0. The number of non-ortho nitro benzene ring substituents is 1. The molecular formula is C13H18N2O5S. The number of anilines is 1. The van der Waals surface area contributed by atoms with E-state index in [0.717, 1.165) is 12.8 Å². The highest BCUT2D eigenvalue weighted by Gasteiger charge is 2.35. The number of nitrogens with zero attached hydrogens (tertiary/aromatic N) is 1. The predicted octanol–water partition coefficient (Wildman–Crippen LogP) is 1.98. The summed E-state index contributed by atoms with van der Waals surface area (Å²) in [4.78, 5) is 10.3. The minimum absolute atomic E-state index is 0.0662. The van der Waals surface area contributed by atoms with Crippen molar-refractivity contribution in [3.05, 3.63) is 28.3 Å². The number of nitrogens with one attached hydrogen (secondary N) is 1. The molecule has 116 valence electrons. The van der Waals surface area contributed by atoms with Crippen LogP contribution in [0.4, 0.5) is 11.4 Å². The Hall–Kier alpha value is -1.83. The van der Waals surface area contributed by atoms with Gasteiger partial charge in [0.05, 0.1) is 29.0 Å². The SMILES string of the molecule is COc1cc([N+](=O)[O-])ccc1NC1CCCC1S(C)(=O)=O. The van der Waals surface area contributed by atoms with Gasteiger partial charge in [-0.25, -0.2) is 8.42 Å². The molecule has 2 unspecified atom stereocenters. The zero-order chi connectivity index (χ0) is 15.6. The number of benzene rings is 1. The number of sulfone groups is 1. The topological polar surface area (TPSA) is 98.5 Å². The minimum Gasteiger partial charge on any atom is -0.494 e. The maximum atomic E-state index is 11.8. The third-order valence-corrected chi connectivity index (χ3v) is 5.40. The molecule has 1 N–H and O–H groups in total. The van der Waals surface area contributed by atoms with Gasteiger partial charge in [-0.3, -0.25) is 10.1 Å². The first-order valence-corrected chi connectivity index (χ1v) is 8.56. The quantitative estimate of drug-likeness (QED) is 0.659. The molecule has 1 aromatic rings. The van der Waals surface area contributed by atoms with E-state index in [9.17, 15) is 18.5 Å². The molecular weight excluding hydrogens is 296 g/mol. The zero-order valence-electron chi connectivity index (χ0n) is 11.9. The van der Waals surface area contributed by atoms with Gasteiger partial charge in [0.1, 0.15) is 5.75 Å². The Morgan fingerprint density at radius 1 is 1.38 bits per heavy atom. The van der Waals surface area contributed by atoms with Crippen LogP contribution in [0.15, 0.2) is 18.2 Å². The fourth-order valence-corrected chi connectivity index (χ4v) is 4.11. The molecule has 1 aliphatic carbocycles. The van der Waals surface area contributed by atoms with Crippen LogP contribution in [0.1, 0.15) is 19.3 Å². The maximum absolute atomic E-state index is 11.8. The number of nitro benzene ring substituents is 1. The first kappa shape index (κ1) is 15.6. The molecule has 0 spiro atoms. The van der Waals surface area contributed by atoms with Gasteiger partial charge >= 0.3 is 0 Å². The molecule has 0 aliphatic heterocycles. The molecule has 1 aliphatic rings. The van der Waals surface area contributed by atoms with Crippen LogP contribution in [-0.4, -0.2) is 38.0 Å². The second-order valence-electron chi connectivity index (χ2n) is 5.19. The summed E-state index contributed by atoms with van der Waals surface area (Å²) in [6.45, 7) is 0. The molecule has 0 saturated heterocycles. The summed E-state index contributed by atoms with van der Waals surface area (Å²) in [6, 6.07) is 4.05. The van der Waals surface area contributed by atoms with Crippen molar-refractivity contribution in [3.63, 3.8) is 0 Å². The number of rotatable bonds is 5. The third-order valence-electron chi connectivity index (χ3n) is 3.74. The van der Waals surface area contributed by atoms with Crippen molar-refractivity contribution >= 4 is 21.2 Å². The van der Waals surface area contributed by atoms with Crippen molar-refractivity contribution in [2.24, 2.45) is 0 Å². The van der Waals surface area contributed by atoms with E-state index in [1.165, 1.54) is 25.5 Å². The maximum Gasteiger partial charge on any atom is 0.273 e.